The zero-order valence-electron chi connectivity index (χ0n) is 10.9. The van der Waals surface area contributed by atoms with Gasteiger partial charge in [-0.15, -0.1) is 0 Å². The second-order valence-corrected chi connectivity index (χ2v) is 5.84. The highest BCUT2D eigenvalue weighted by Crippen LogP contribution is 2.30. The Morgan fingerprint density at radius 3 is 2.47 bits per heavy atom. The fraction of sp³-hybridized carbons (Fsp3) is 0.917. The summed E-state index contributed by atoms with van der Waals surface area (Å²) in [7, 11) is 0. The van der Waals surface area contributed by atoms with Gasteiger partial charge in [-0.3, -0.25) is 0 Å². The molecule has 4 nitrogen and oxygen atoms in total. The van der Waals surface area contributed by atoms with E-state index in [-0.39, 0.29) is 12.6 Å². The van der Waals surface area contributed by atoms with Crippen molar-refractivity contribution in [3.63, 3.8) is 0 Å². The molecule has 0 spiro atoms. The molecule has 1 saturated carbocycles. The average molecular weight is 246 g/mol. The third kappa shape index (κ3) is 5.35. The number of nitrogens with two attached hydrogens (primary N) is 1. The number of alkyl halides is 1. The minimum Gasteiger partial charge on any atom is -0.444 e. The van der Waals surface area contributed by atoms with E-state index in [4.69, 9.17) is 10.5 Å². The number of hydrogen-bond acceptors (Lipinski definition) is 3. The maximum Gasteiger partial charge on any atom is 0.407 e. The van der Waals surface area contributed by atoms with E-state index in [2.05, 4.69) is 5.32 Å². The molecule has 100 valence electrons. The second kappa shape index (κ2) is 5.21. The van der Waals surface area contributed by atoms with Crippen LogP contribution in [0.15, 0.2) is 0 Å². The van der Waals surface area contributed by atoms with Gasteiger partial charge in [-0.25, -0.2) is 9.18 Å². The van der Waals surface area contributed by atoms with Crippen LogP contribution in [0.4, 0.5) is 9.18 Å². The first kappa shape index (κ1) is 14.2. The predicted molar refractivity (Wildman–Crippen MR) is 64.5 cm³/mol. The van der Waals surface area contributed by atoms with Crippen molar-refractivity contribution in [3.8, 4) is 0 Å². The van der Waals surface area contributed by atoms with Gasteiger partial charge >= 0.3 is 6.09 Å². The largest absolute Gasteiger partial charge is 0.444 e. The van der Waals surface area contributed by atoms with Crippen molar-refractivity contribution < 1.29 is 13.9 Å². The summed E-state index contributed by atoms with van der Waals surface area (Å²) >= 11 is 0. The van der Waals surface area contributed by atoms with Crippen LogP contribution in [0.5, 0.6) is 0 Å². The van der Waals surface area contributed by atoms with Crippen LogP contribution < -0.4 is 11.1 Å². The van der Waals surface area contributed by atoms with Crippen LogP contribution in [-0.4, -0.2) is 29.9 Å². The number of halogens is 1. The van der Waals surface area contributed by atoms with Gasteiger partial charge in [0.25, 0.3) is 0 Å². The fourth-order valence-corrected chi connectivity index (χ4v) is 1.88. The zero-order valence-corrected chi connectivity index (χ0v) is 10.9. The van der Waals surface area contributed by atoms with Crippen LogP contribution >= 0.6 is 0 Å². The van der Waals surface area contributed by atoms with Crippen molar-refractivity contribution in [3.05, 3.63) is 0 Å². The Bertz CT molecular complexity index is 268. The summed E-state index contributed by atoms with van der Waals surface area (Å²) in [5, 5.41) is 2.49. The molecule has 1 amide bonds. The van der Waals surface area contributed by atoms with E-state index in [1.165, 1.54) is 0 Å². The van der Waals surface area contributed by atoms with Crippen molar-refractivity contribution in [2.24, 2.45) is 5.73 Å². The van der Waals surface area contributed by atoms with Crippen molar-refractivity contribution >= 4 is 6.09 Å². The molecule has 17 heavy (non-hydrogen) atoms. The Kier molecular flexibility index (Phi) is 4.36. The lowest BCUT2D eigenvalue weighted by molar-refractivity contribution is 0.0429. The number of ether oxygens (including phenoxy) is 1. The first-order valence-electron chi connectivity index (χ1n) is 6.12. The summed E-state index contributed by atoms with van der Waals surface area (Å²) in [4.78, 5) is 11.4. The molecule has 0 aliphatic heterocycles. The standard InChI is InChI=1S/C12H23FN2O2/c1-11(2,3)17-10(16)15-8-12(13)6-4-9(14)5-7-12/h9H,4-8,14H2,1-3H3,(H,15,16). The minimum absolute atomic E-state index is 0.00856. The monoisotopic (exact) mass is 246 g/mol. The maximum absolute atomic E-state index is 14.2. The van der Waals surface area contributed by atoms with Gasteiger partial charge < -0.3 is 15.8 Å². The summed E-state index contributed by atoms with van der Waals surface area (Å²) in [6.07, 6.45) is 1.59. The molecule has 0 bridgehead atoms. The third-order valence-corrected chi connectivity index (χ3v) is 2.87. The van der Waals surface area contributed by atoms with Gasteiger partial charge in [0.2, 0.25) is 0 Å². The number of carbonyl (C=O) groups excluding carboxylic acids is 1. The molecule has 0 aromatic carbocycles. The lowest BCUT2D eigenvalue weighted by Crippen LogP contribution is -2.45. The highest BCUT2D eigenvalue weighted by molar-refractivity contribution is 5.67. The lowest BCUT2D eigenvalue weighted by atomic mass is 9.84. The molecule has 1 aliphatic carbocycles. The Morgan fingerprint density at radius 2 is 2.00 bits per heavy atom. The van der Waals surface area contributed by atoms with Gasteiger partial charge in [0.1, 0.15) is 11.3 Å². The summed E-state index contributed by atoms with van der Waals surface area (Å²) in [5.74, 6) is 0. The van der Waals surface area contributed by atoms with Gasteiger partial charge in [0.15, 0.2) is 0 Å². The average Bonchev–Trinajstić information content (AvgIpc) is 2.18. The Morgan fingerprint density at radius 1 is 1.47 bits per heavy atom. The molecule has 0 heterocycles. The number of amides is 1. The number of rotatable bonds is 2. The van der Waals surface area contributed by atoms with Crippen LogP contribution in [0, 0.1) is 0 Å². The molecular weight excluding hydrogens is 223 g/mol. The zero-order chi connectivity index (χ0) is 13.1. The van der Waals surface area contributed by atoms with E-state index in [1.54, 1.807) is 20.8 Å². The Labute approximate surface area is 102 Å². The van der Waals surface area contributed by atoms with E-state index in [1.807, 2.05) is 0 Å². The van der Waals surface area contributed by atoms with E-state index < -0.39 is 17.4 Å². The second-order valence-electron chi connectivity index (χ2n) is 5.84. The van der Waals surface area contributed by atoms with Crippen LogP contribution in [0.2, 0.25) is 0 Å². The van der Waals surface area contributed by atoms with Gasteiger partial charge in [0, 0.05) is 6.04 Å². The molecule has 0 atom stereocenters. The van der Waals surface area contributed by atoms with Crippen LogP contribution in [0.3, 0.4) is 0 Å². The normalized spacial score (nSPS) is 29.8. The molecular formula is C12H23FN2O2. The van der Waals surface area contributed by atoms with Gasteiger partial charge in [-0.1, -0.05) is 0 Å². The summed E-state index contributed by atoms with van der Waals surface area (Å²) < 4.78 is 19.3. The molecule has 0 aromatic heterocycles. The van der Waals surface area contributed by atoms with Crippen molar-refractivity contribution in [2.75, 3.05) is 6.54 Å². The molecule has 0 radical (unpaired) electrons. The molecule has 1 aliphatic rings. The van der Waals surface area contributed by atoms with Gasteiger partial charge in [-0.2, -0.15) is 0 Å². The Hall–Kier alpha value is -0.840. The Balaban J connectivity index is 2.32. The lowest BCUT2D eigenvalue weighted by Gasteiger charge is -2.32. The molecule has 5 heteroatoms. The van der Waals surface area contributed by atoms with Crippen LogP contribution in [0.25, 0.3) is 0 Å². The number of alkyl carbamates (subject to hydrolysis) is 1. The molecule has 0 aromatic rings. The van der Waals surface area contributed by atoms with E-state index in [9.17, 15) is 9.18 Å². The van der Waals surface area contributed by atoms with Gasteiger partial charge in [0.05, 0.1) is 6.54 Å². The highest BCUT2D eigenvalue weighted by atomic mass is 19.1. The van der Waals surface area contributed by atoms with Crippen molar-refractivity contribution in [1.82, 2.24) is 5.32 Å². The minimum atomic E-state index is -1.33. The SMILES string of the molecule is CC(C)(C)OC(=O)NCC1(F)CCC(N)CC1. The summed E-state index contributed by atoms with van der Waals surface area (Å²) in [5.41, 5.74) is 3.84. The van der Waals surface area contributed by atoms with Crippen molar-refractivity contribution in [2.45, 2.75) is 63.8 Å². The molecule has 3 N–H and O–H groups in total. The number of carbonyl (C=O) groups is 1. The van der Waals surface area contributed by atoms with Gasteiger partial charge in [-0.05, 0) is 46.5 Å². The number of hydrogen-bond donors (Lipinski definition) is 2. The van der Waals surface area contributed by atoms with Crippen LogP contribution in [0.1, 0.15) is 46.5 Å². The summed E-state index contributed by atoms with van der Waals surface area (Å²) in [6.45, 7) is 5.33. The predicted octanol–water partition coefficient (Wildman–Crippen LogP) is 2.12. The molecule has 1 rings (SSSR count). The molecule has 0 saturated heterocycles. The van der Waals surface area contributed by atoms with E-state index in [0.717, 1.165) is 0 Å². The van der Waals surface area contributed by atoms with Crippen LogP contribution in [-0.2, 0) is 4.74 Å². The third-order valence-electron chi connectivity index (χ3n) is 2.87. The van der Waals surface area contributed by atoms with E-state index in [0.29, 0.717) is 25.7 Å². The summed E-state index contributed by atoms with van der Waals surface area (Å²) in [6, 6.07) is 0.0976. The maximum atomic E-state index is 14.2. The van der Waals surface area contributed by atoms with E-state index >= 15 is 0 Å². The quantitative estimate of drug-likeness (QED) is 0.784. The first-order chi connectivity index (χ1) is 7.70. The molecule has 0 unspecified atom stereocenters. The topological polar surface area (TPSA) is 64.3 Å². The fourth-order valence-electron chi connectivity index (χ4n) is 1.88. The smallest absolute Gasteiger partial charge is 0.407 e. The number of nitrogens with one attached hydrogen (secondary N) is 1. The molecule has 1 fully saturated rings. The first-order valence-corrected chi connectivity index (χ1v) is 6.12. The highest BCUT2D eigenvalue weighted by Gasteiger charge is 2.34. The van der Waals surface area contributed by atoms with Crippen molar-refractivity contribution in [1.29, 1.82) is 0 Å².